The number of carbonyl (C=O) groups is 1. The van der Waals surface area contributed by atoms with Crippen LogP contribution in [0.2, 0.25) is 0 Å². The van der Waals surface area contributed by atoms with Gasteiger partial charge >= 0.3 is 5.97 Å². The third-order valence-corrected chi connectivity index (χ3v) is 3.37. The molecule has 0 bridgehead atoms. The molecular weight excluding hydrogens is 266 g/mol. The Bertz CT molecular complexity index is 460. The molecule has 21 heavy (non-hydrogen) atoms. The second kappa shape index (κ2) is 6.94. The lowest BCUT2D eigenvalue weighted by Crippen LogP contribution is -2.45. The average Bonchev–Trinajstić information content (AvgIpc) is 2.34. The molecule has 0 spiro atoms. The Morgan fingerprint density at radius 1 is 1.19 bits per heavy atom. The van der Waals surface area contributed by atoms with Gasteiger partial charge in [0.15, 0.2) is 0 Å². The SMILES string of the molecule is CC(C)Oc1ccc(C(C)N(CC(=O)O)C(C)(C)C)cc1. The standard InChI is InChI=1S/C17H27NO3/c1-12(2)21-15-9-7-14(8-10-15)13(3)18(11-16(19)20)17(4,5)6/h7-10,12-13H,11H2,1-6H3,(H,19,20). The Morgan fingerprint density at radius 2 is 1.71 bits per heavy atom. The van der Waals surface area contributed by atoms with E-state index in [1.165, 1.54) is 0 Å². The van der Waals surface area contributed by atoms with Crippen LogP contribution in [-0.2, 0) is 4.79 Å². The van der Waals surface area contributed by atoms with E-state index >= 15 is 0 Å². The van der Waals surface area contributed by atoms with Gasteiger partial charge in [0, 0.05) is 11.6 Å². The minimum atomic E-state index is -0.809. The van der Waals surface area contributed by atoms with Gasteiger partial charge < -0.3 is 9.84 Å². The maximum atomic E-state index is 11.1. The zero-order chi connectivity index (χ0) is 16.2. The quantitative estimate of drug-likeness (QED) is 0.868. The van der Waals surface area contributed by atoms with E-state index in [-0.39, 0.29) is 24.2 Å². The monoisotopic (exact) mass is 293 g/mol. The number of benzene rings is 1. The van der Waals surface area contributed by atoms with Crippen molar-refractivity contribution in [2.24, 2.45) is 0 Å². The normalized spacial score (nSPS) is 13.5. The Kier molecular flexibility index (Phi) is 5.78. The van der Waals surface area contributed by atoms with Gasteiger partial charge in [0.05, 0.1) is 12.6 Å². The molecule has 0 amide bonds. The largest absolute Gasteiger partial charge is 0.491 e. The van der Waals surface area contributed by atoms with Crippen molar-refractivity contribution < 1.29 is 14.6 Å². The summed E-state index contributed by atoms with van der Waals surface area (Å²) in [5, 5.41) is 9.12. The smallest absolute Gasteiger partial charge is 0.317 e. The van der Waals surface area contributed by atoms with Crippen molar-refractivity contribution in [1.82, 2.24) is 4.90 Å². The molecule has 1 atom stereocenters. The van der Waals surface area contributed by atoms with E-state index in [1.807, 2.05) is 70.7 Å². The van der Waals surface area contributed by atoms with E-state index < -0.39 is 5.97 Å². The van der Waals surface area contributed by atoms with Gasteiger partial charge in [0.25, 0.3) is 0 Å². The van der Waals surface area contributed by atoms with Crippen LogP contribution in [0.15, 0.2) is 24.3 Å². The number of hydrogen-bond donors (Lipinski definition) is 1. The van der Waals surface area contributed by atoms with Crippen LogP contribution in [0.25, 0.3) is 0 Å². The molecule has 118 valence electrons. The van der Waals surface area contributed by atoms with E-state index in [0.29, 0.717) is 0 Å². The van der Waals surface area contributed by atoms with Crippen molar-refractivity contribution in [3.8, 4) is 5.75 Å². The van der Waals surface area contributed by atoms with Crippen LogP contribution in [0.5, 0.6) is 5.75 Å². The molecule has 0 saturated carbocycles. The fourth-order valence-electron chi connectivity index (χ4n) is 2.38. The summed E-state index contributed by atoms with van der Waals surface area (Å²) in [5.41, 5.74) is 0.868. The minimum absolute atomic E-state index is 0.0224. The Labute approximate surface area is 127 Å². The number of aliphatic carboxylic acids is 1. The average molecular weight is 293 g/mol. The molecule has 1 N–H and O–H groups in total. The topological polar surface area (TPSA) is 49.8 Å². The van der Waals surface area contributed by atoms with Gasteiger partial charge in [-0.1, -0.05) is 12.1 Å². The first-order valence-electron chi connectivity index (χ1n) is 7.36. The lowest BCUT2D eigenvalue weighted by Gasteiger charge is -2.39. The van der Waals surface area contributed by atoms with E-state index in [9.17, 15) is 4.79 Å². The number of carboxylic acids is 1. The number of rotatable bonds is 6. The Morgan fingerprint density at radius 3 is 2.10 bits per heavy atom. The Hall–Kier alpha value is -1.55. The molecule has 0 saturated heterocycles. The fraction of sp³-hybridized carbons (Fsp3) is 0.588. The van der Waals surface area contributed by atoms with Crippen molar-refractivity contribution >= 4 is 5.97 Å². The predicted molar refractivity (Wildman–Crippen MR) is 84.7 cm³/mol. The molecule has 1 unspecified atom stereocenters. The van der Waals surface area contributed by atoms with E-state index in [1.54, 1.807) is 0 Å². The third kappa shape index (κ3) is 5.38. The van der Waals surface area contributed by atoms with Gasteiger partial charge in [-0.05, 0) is 59.2 Å². The van der Waals surface area contributed by atoms with Crippen LogP contribution < -0.4 is 4.74 Å². The first kappa shape index (κ1) is 17.5. The van der Waals surface area contributed by atoms with Gasteiger partial charge in [-0.25, -0.2) is 0 Å². The van der Waals surface area contributed by atoms with Crippen molar-refractivity contribution in [3.05, 3.63) is 29.8 Å². The van der Waals surface area contributed by atoms with Crippen molar-refractivity contribution in [2.75, 3.05) is 6.54 Å². The summed E-state index contributed by atoms with van der Waals surface area (Å²) in [6.45, 7) is 12.1. The third-order valence-electron chi connectivity index (χ3n) is 3.37. The summed E-state index contributed by atoms with van der Waals surface area (Å²) in [7, 11) is 0. The maximum Gasteiger partial charge on any atom is 0.317 e. The van der Waals surface area contributed by atoms with Crippen LogP contribution >= 0.6 is 0 Å². The molecule has 0 aliphatic heterocycles. The predicted octanol–water partition coefficient (Wildman–Crippen LogP) is 3.72. The number of hydrogen-bond acceptors (Lipinski definition) is 3. The maximum absolute atomic E-state index is 11.1. The molecule has 0 fully saturated rings. The van der Waals surface area contributed by atoms with Gasteiger partial charge in [-0.2, -0.15) is 0 Å². The zero-order valence-corrected chi connectivity index (χ0v) is 13.9. The molecule has 0 aliphatic carbocycles. The number of carboxylic acid groups (broad SMARTS) is 1. The molecule has 1 aromatic carbocycles. The number of nitrogens with zero attached hydrogens (tertiary/aromatic N) is 1. The van der Waals surface area contributed by atoms with Crippen molar-refractivity contribution in [2.45, 2.75) is 59.2 Å². The van der Waals surface area contributed by atoms with Gasteiger partial charge in [0.1, 0.15) is 5.75 Å². The molecule has 0 aromatic heterocycles. The van der Waals surface area contributed by atoms with Crippen molar-refractivity contribution in [1.29, 1.82) is 0 Å². The molecular formula is C17H27NO3. The van der Waals surface area contributed by atoms with E-state index in [0.717, 1.165) is 11.3 Å². The summed E-state index contributed by atoms with van der Waals surface area (Å²) >= 11 is 0. The van der Waals surface area contributed by atoms with Crippen molar-refractivity contribution in [3.63, 3.8) is 0 Å². The van der Waals surface area contributed by atoms with Gasteiger partial charge in [-0.15, -0.1) is 0 Å². The van der Waals surface area contributed by atoms with E-state index in [4.69, 9.17) is 9.84 Å². The summed E-state index contributed by atoms with van der Waals surface area (Å²) in [6, 6.07) is 7.90. The summed E-state index contributed by atoms with van der Waals surface area (Å²) in [4.78, 5) is 13.1. The lowest BCUT2D eigenvalue weighted by atomic mass is 9.99. The van der Waals surface area contributed by atoms with Gasteiger partial charge in [0.2, 0.25) is 0 Å². The molecule has 1 rings (SSSR count). The molecule has 0 radical (unpaired) electrons. The minimum Gasteiger partial charge on any atom is -0.491 e. The molecule has 0 heterocycles. The molecule has 0 aliphatic rings. The van der Waals surface area contributed by atoms with Crippen LogP contribution in [0.3, 0.4) is 0 Å². The van der Waals surface area contributed by atoms with E-state index in [2.05, 4.69) is 0 Å². The van der Waals surface area contributed by atoms with Gasteiger partial charge in [-0.3, -0.25) is 9.69 Å². The summed E-state index contributed by atoms with van der Waals surface area (Å²) < 4.78 is 5.63. The summed E-state index contributed by atoms with van der Waals surface area (Å²) in [5.74, 6) is 0.0260. The van der Waals surface area contributed by atoms with Crippen LogP contribution in [0.4, 0.5) is 0 Å². The number of ether oxygens (including phenoxy) is 1. The van der Waals surface area contributed by atoms with Crippen LogP contribution in [0, 0.1) is 0 Å². The zero-order valence-electron chi connectivity index (χ0n) is 13.9. The Balaban J connectivity index is 2.93. The highest BCUT2D eigenvalue weighted by molar-refractivity contribution is 5.69. The highest BCUT2D eigenvalue weighted by Crippen LogP contribution is 2.28. The highest BCUT2D eigenvalue weighted by atomic mass is 16.5. The first-order valence-corrected chi connectivity index (χ1v) is 7.36. The fourth-order valence-corrected chi connectivity index (χ4v) is 2.38. The molecule has 4 nitrogen and oxygen atoms in total. The van der Waals surface area contributed by atoms with Crippen LogP contribution in [0.1, 0.15) is 53.1 Å². The molecule has 1 aromatic rings. The first-order chi connectivity index (χ1) is 9.61. The second-order valence-electron chi connectivity index (χ2n) is 6.60. The van der Waals surface area contributed by atoms with Crippen LogP contribution in [-0.4, -0.2) is 34.2 Å². The summed E-state index contributed by atoms with van der Waals surface area (Å²) in [6.07, 6.45) is 0.145. The lowest BCUT2D eigenvalue weighted by molar-refractivity contribution is -0.140. The highest BCUT2D eigenvalue weighted by Gasteiger charge is 2.28. The second-order valence-corrected chi connectivity index (χ2v) is 6.60. The molecule has 4 heteroatoms.